The number of para-hydroxylation sites is 3. The lowest BCUT2D eigenvalue weighted by Gasteiger charge is -2.13. The van der Waals surface area contributed by atoms with Crippen molar-refractivity contribution in [3.05, 3.63) is 170 Å². The van der Waals surface area contributed by atoms with Crippen molar-refractivity contribution in [1.29, 1.82) is 0 Å². The van der Waals surface area contributed by atoms with Crippen molar-refractivity contribution in [2.45, 2.75) is 0 Å². The van der Waals surface area contributed by atoms with E-state index in [1.54, 1.807) is 10.6 Å². The van der Waals surface area contributed by atoms with Gasteiger partial charge < -0.3 is 8.98 Å². The molecule has 0 atom stereocenters. The van der Waals surface area contributed by atoms with Crippen LogP contribution < -0.4 is 0 Å². The Kier molecular flexibility index (Phi) is 4.99. The number of hydrogen-bond donors (Lipinski definition) is 0. The number of hydrogen-bond acceptors (Lipinski definition) is 4. The average Bonchev–Trinajstić information content (AvgIpc) is 3.82. The molecule has 5 heteroatoms. The maximum absolute atomic E-state index is 9.51. The van der Waals surface area contributed by atoms with Gasteiger partial charge in [-0.15, -0.1) is 0 Å². The summed E-state index contributed by atoms with van der Waals surface area (Å²) in [6, 6.07) is 37.1. The molecule has 5 nitrogen and oxygen atoms in total. The quantitative estimate of drug-likeness (QED) is 0.186. The van der Waals surface area contributed by atoms with E-state index in [1.165, 1.54) is 0 Å². The highest BCUT2D eigenvalue weighted by Crippen LogP contribution is 2.43. The molecule has 0 aliphatic carbocycles. The Morgan fingerprint density at radius 3 is 1.82 bits per heavy atom. The molecule has 0 aliphatic rings. The molecule has 0 N–H and O–H groups in total. The Balaban J connectivity index is 1.41. The van der Waals surface area contributed by atoms with Crippen LogP contribution in [0.4, 0.5) is 0 Å². The summed E-state index contributed by atoms with van der Waals surface area (Å²) in [5.74, 6) is 0.676. The summed E-state index contributed by atoms with van der Waals surface area (Å²) in [4.78, 5) is 14.7. The number of aromatic nitrogens is 4. The maximum atomic E-state index is 9.51. The largest absolute Gasteiger partial charge is 0.455 e. The molecular formula is C45H28N4O. The second kappa shape index (κ2) is 11.4. The molecule has 0 bridgehead atoms. The SMILES string of the molecule is [2H]c1c([2H])c([2H])c2c(c1[2H])c1c([2H])c([2H])c([2H])c(-c3nc(-c4ccccc4)nc(-c4ccccc4)n3)c1n2-c1cccc2oc3c(-c4ccccc4)cccc3c12. The lowest BCUT2D eigenvalue weighted by molar-refractivity contribution is 0.670. The smallest absolute Gasteiger partial charge is 0.166 e. The second-order valence-electron chi connectivity index (χ2n) is 11.9. The zero-order valence-corrected chi connectivity index (χ0v) is 26.3. The fourth-order valence-electron chi connectivity index (χ4n) is 6.75. The van der Waals surface area contributed by atoms with E-state index < -0.39 is 18.1 Å². The minimum absolute atomic E-state index is 0.0427. The van der Waals surface area contributed by atoms with Crippen LogP contribution in [0.15, 0.2) is 174 Å². The summed E-state index contributed by atoms with van der Waals surface area (Å²) in [5, 5.41) is 1.53. The minimum atomic E-state index is -0.480. The van der Waals surface area contributed by atoms with Crippen molar-refractivity contribution < 1.29 is 14.0 Å². The molecule has 0 fully saturated rings. The van der Waals surface area contributed by atoms with Crippen molar-refractivity contribution in [2.75, 3.05) is 0 Å². The van der Waals surface area contributed by atoms with E-state index in [4.69, 9.17) is 23.5 Å². The first kappa shape index (κ1) is 21.9. The summed E-state index contributed by atoms with van der Waals surface area (Å²) in [5.41, 5.74) is 5.18. The molecule has 7 aromatic carbocycles. The van der Waals surface area contributed by atoms with Crippen LogP contribution in [0, 0.1) is 0 Å². The maximum Gasteiger partial charge on any atom is 0.166 e. The van der Waals surface area contributed by atoms with Gasteiger partial charge in [-0.1, -0.05) is 145 Å². The molecule has 0 unspecified atom stereocenters. The van der Waals surface area contributed by atoms with E-state index in [1.807, 2.05) is 121 Å². The third-order valence-corrected chi connectivity index (χ3v) is 8.96. The monoisotopic (exact) mass is 647 g/mol. The van der Waals surface area contributed by atoms with Crippen LogP contribution in [-0.4, -0.2) is 19.5 Å². The number of furan rings is 1. The summed E-state index contributed by atoms with van der Waals surface area (Å²) < 4.78 is 72.3. The number of rotatable bonds is 5. The molecule has 50 heavy (non-hydrogen) atoms. The van der Waals surface area contributed by atoms with Gasteiger partial charge in [-0.05, 0) is 29.8 Å². The lowest BCUT2D eigenvalue weighted by Crippen LogP contribution is -2.02. The van der Waals surface area contributed by atoms with Gasteiger partial charge in [-0.25, -0.2) is 15.0 Å². The van der Waals surface area contributed by atoms with Gasteiger partial charge in [0.2, 0.25) is 0 Å². The van der Waals surface area contributed by atoms with E-state index in [9.17, 15) is 5.48 Å². The molecule has 0 saturated heterocycles. The number of fused-ring (bicyclic) bond motifs is 6. The Morgan fingerprint density at radius 1 is 0.480 bits per heavy atom. The van der Waals surface area contributed by atoms with Crippen molar-refractivity contribution >= 4 is 43.7 Å². The van der Waals surface area contributed by atoms with Crippen LogP contribution in [0.25, 0.3) is 94.7 Å². The Morgan fingerprint density at radius 2 is 1.10 bits per heavy atom. The summed E-state index contributed by atoms with van der Waals surface area (Å²) in [7, 11) is 0. The van der Waals surface area contributed by atoms with E-state index in [2.05, 4.69) is 0 Å². The highest BCUT2D eigenvalue weighted by Gasteiger charge is 2.23. The number of nitrogens with zero attached hydrogens (tertiary/aromatic N) is 4. The average molecular weight is 648 g/mol. The van der Waals surface area contributed by atoms with Gasteiger partial charge in [-0.3, -0.25) is 0 Å². The molecule has 0 aliphatic heterocycles. The van der Waals surface area contributed by atoms with Gasteiger partial charge in [0.05, 0.1) is 31.7 Å². The summed E-state index contributed by atoms with van der Waals surface area (Å²) >= 11 is 0. The van der Waals surface area contributed by atoms with Gasteiger partial charge in [0.25, 0.3) is 0 Å². The zero-order chi connectivity index (χ0) is 39.1. The van der Waals surface area contributed by atoms with Gasteiger partial charge in [0.1, 0.15) is 11.2 Å². The highest BCUT2D eigenvalue weighted by molar-refractivity contribution is 6.18. The Labute approximate surface area is 297 Å². The molecule has 0 radical (unpaired) electrons. The summed E-state index contributed by atoms with van der Waals surface area (Å²) in [6.07, 6.45) is 0. The van der Waals surface area contributed by atoms with Gasteiger partial charge in [0.15, 0.2) is 17.5 Å². The predicted molar refractivity (Wildman–Crippen MR) is 203 cm³/mol. The number of benzene rings is 7. The first-order chi connectivity index (χ1) is 27.7. The Bertz CT molecular complexity index is 3200. The standard InChI is InChI=1S/C45H28N4O/c1-4-15-29(16-5-1)32-22-12-24-35-40-38(27-14-28-39(40)50-42(32)35)49-37-26-11-10-21-33(37)34-23-13-25-36(41(34)49)45-47-43(30-17-6-2-7-18-30)46-44(48-45)31-19-8-3-9-20-31/h1-28H/i10D,11D,13D,21D,23D,25D,26D. The van der Waals surface area contributed by atoms with Crippen molar-refractivity contribution in [2.24, 2.45) is 0 Å². The van der Waals surface area contributed by atoms with Crippen LogP contribution in [0.1, 0.15) is 9.60 Å². The fraction of sp³-hybridized carbons (Fsp3) is 0. The first-order valence-corrected chi connectivity index (χ1v) is 16.1. The molecule has 10 rings (SSSR count). The molecule has 0 saturated carbocycles. The normalized spacial score (nSPS) is 13.6. The second-order valence-corrected chi connectivity index (χ2v) is 11.9. The van der Waals surface area contributed by atoms with Crippen molar-refractivity contribution in [1.82, 2.24) is 19.5 Å². The lowest BCUT2D eigenvalue weighted by atomic mass is 10.0. The predicted octanol–water partition coefficient (Wildman–Crippen LogP) is 11.5. The van der Waals surface area contributed by atoms with Crippen LogP contribution in [0.5, 0.6) is 0 Å². The third-order valence-electron chi connectivity index (χ3n) is 8.96. The first-order valence-electron chi connectivity index (χ1n) is 19.6. The molecule has 0 amide bonds. The molecule has 3 aromatic heterocycles. The summed E-state index contributed by atoms with van der Waals surface area (Å²) in [6.45, 7) is 0. The van der Waals surface area contributed by atoms with E-state index in [0.717, 1.165) is 16.5 Å². The Hall–Kier alpha value is -6.85. The van der Waals surface area contributed by atoms with E-state index in [0.29, 0.717) is 45.0 Å². The van der Waals surface area contributed by atoms with Crippen LogP contribution in [0.3, 0.4) is 0 Å². The van der Waals surface area contributed by atoms with Crippen molar-refractivity contribution in [3.8, 4) is 51.0 Å². The van der Waals surface area contributed by atoms with Gasteiger partial charge >= 0.3 is 0 Å². The van der Waals surface area contributed by atoms with E-state index in [-0.39, 0.29) is 57.4 Å². The van der Waals surface area contributed by atoms with Crippen LogP contribution in [0.2, 0.25) is 0 Å². The molecule has 234 valence electrons. The van der Waals surface area contributed by atoms with Crippen molar-refractivity contribution in [3.63, 3.8) is 0 Å². The van der Waals surface area contributed by atoms with Crippen LogP contribution in [-0.2, 0) is 0 Å². The van der Waals surface area contributed by atoms with Gasteiger partial charge in [-0.2, -0.15) is 0 Å². The molecule has 0 spiro atoms. The third kappa shape index (κ3) is 4.45. The van der Waals surface area contributed by atoms with Crippen LogP contribution >= 0.6 is 0 Å². The molecular weight excluding hydrogens is 613 g/mol. The zero-order valence-electron chi connectivity index (χ0n) is 33.3. The van der Waals surface area contributed by atoms with Gasteiger partial charge in [0, 0.05) is 38.4 Å². The molecule has 3 heterocycles. The topological polar surface area (TPSA) is 56.7 Å². The fourth-order valence-corrected chi connectivity index (χ4v) is 6.75. The molecule has 10 aromatic rings. The van der Waals surface area contributed by atoms with E-state index >= 15 is 0 Å². The highest BCUT2D eigenvalue weighted by atomic mass is 16.3. The minimum Gasteiger partial charge on any atom is -0.455 e.